The van der Waals surface area contributed by atoms with Crippen molar-refractivity contribution in [3.8, 4) is 11.8 Å². The van der Waals surface area contributed by atoms with Crippen molar-refractivity contribution in [1.29, 1.82) is 5.26 Å². The molecule has 3 nitrogen and oxygen atoms in total. The predicted molar refractivity (Wildman–Crippen MR) is 82.2 cm³/mol. The lowest BCUT2D eigenvalue weighted by molar-refractivity contribution is 0.239. The molecule has 1 aromatic carbocycles. The number of thiophene rings is 1. The van der Waals surface area contributed by atoms with Crippen molar-refractivity contribution in [2.75, 3.05) is 26.7 Å². The van der Waals surface area contributed by atoms with Crippen LogP contribution in [0.5, 0.6) is 5.75 Å². The van der Waals surface area contributed by atoms with Gasteiger partial charge in [-0.2, -0.15) is 5.26 Å². The number of nitrogens with zero attached hydrogens (tertiary/aromatic N) is 2. The summed E-state index contributed by atoms with van der Waals surface area (Å²) in [6.45, 7) is 2.59. The van der Waals surface area contributed by atoms with Crippen LogP contribution in [0.2, 0.25) is 0 Å². The molecule has 0 unspecified atom stereocenters. The number of likely N-dealkylation sites (N-methyl/N-ethyl adjacent to an activating group) is 1. The van der Waals surface area contributed by atoms with E-state index >= 15 is 0 Å². The first kappa shape index (κ1) is 14.6. The number of hydrogen-bond acceptors (Lipinski definition) is 4. The second kappa shape index (κ2) is 7.68. The standard InChI is InChI=1S/C16H18N2OS/c1-18(9-8-16-3-2-12-20-16)10-11-19-15-6-4-14(13-17)5-7-15/h2-7,12H,8-11H2,1H3. The maximum Gasteiger partial charge on any atom is 0.119 e. The molecule has 4 heteroatoms. The summed E-state index contributed by atoms with van der Waals surface area (Å²) in [5, 5.41) is 10.8. The number of hydrogen-bond donors (Lipinski definition) is 0. The van der Waals surface area contributed by atoms with Crippen molar-refractivity contribution in [3.05, 3.63) is 52.2 Å². The van der Waals surface area contributed by atoms with E-state index in [4.69, 9.17) is 10.00 Å². The Labute approximate surface area is 124 Å². The molecular formula is C16H18N2OS. The van der Waals surface area contributed by atoms with Crippen molar-refractivity contribution in [3.63, 3.8) is 0 Å². The van der Waals surface area contributed by atoms with Gasteiger partial charge >= 0.3 is 0 Å². The molecule has 0 radical (unpaired) electrons. The summed E-state index contributed by atoms with van der Waals surface area (Å²) < 4.78 is 5.66. The van der Waals surface area contributed by atoms with E-state index in [-0.39, 0.29) is 0 Å². The summed E-state index contributed by atoms with van der Waals surface area (Å²) in [4.78, 5) is 3.69. The van der Waals surface area contributed by atoms with Gasteiger partial charge in [0.25, 0.3) is 0 Å². The van der Waals surface area contributed by atoms with E-state index in [1.54, 1.807) is 23.5 Å². The molecule has 0 N–H and O–H groups in total. The molecule has 0 spiro atoms. The molecule has 0 atom stereocenters. The molecule has 2 rings (SSSR count). The van der Waals surface area contributed by atoms with Crippen LogP contribution in [0.25, 0.3) is 0 Å². The maximum atomic E-state index is 8.72. The van der Waals surface area contributed by atoms with Crippen LogP contribution in [-0.2, 0) is 6.42 Å². The van der Waals surface area contributed by atoms with Crippen molar-refractivity contribution in [1.82, 2.24) is 4.90 Å². The quantitative estimate of drug-likeness (QED) is 0.784. The van der Waals surface area contributed by atoms with Crippen LogP contribution in [-0.4, -0.2) is 31.6 Å². The minimum atomic E-state index is 0.658. The van der Waals surface area contributed by atoms with Crippen molar-refractivity contribution < 1.29 is 4.74 Å². The molecule has 104 valence electrons. The van der Waals surface area contributed by atoms with E-state index in [9.17, 15) is 0 Å². The Morgan fingerprint density at radius 1 is 1.20 bits per heavy atom. The second-order valence-electron chi connectivity index (χ2n) is 4.62. The van der Waals surface area contributed by atoms with Gasteiger partial charge in [0.05, 0.1) is 11.6 Å². The van der Waals surface area contributed by atoms with Gasteiger partial charge in [0.2, 0.25) is 0 Å². The first-order valence-electron chi connectivity index (χ1n) is 6.62. The molecule has 0 aliphatic heterocycles. The topological polar surface area (TPSA) is 36.3 Å². The van der Waals surface area contributed by atoms with E-state index in [1.807, 2.05) is 12.1 Å². The van der Waals surface area contributed by atoms with E-state index in [0.717, 1.165) is 25.3 Å². The molecular weight excluding hydrogens is 268 g/mol. The van der Waals surface area contributed by atoms with Crippen LogP contribution >= 0.6 is 11.3 Å². The first-order valence-corrected chi connectivity index (χ1v) is 7.50. The van der Waals surface area contributed by atoms with E-state index < -0.39 is 0 Å². The van der Waals surface area contributed by atoms with Gasteiger partial charge in [-0.3, -0.25) is 0 Å². The van der Waals surface area contributed by atoms with Gasteiger partial charge in [0.1, 0.15) is 12.4 Å². The normalized spacial score (nSPS) is 10.4. The minimum Gasteiger partial charge on any atom is -0.492 e. The fourth-order valence-corrected chi connectivity index (χ4v) is 2.51. The van der Waals surface area contributed by atoms with Crippen LogP contribution in [0.3, 0.4) is 0 Å². The Kier molecular flexibility index (Phi) is 5.60. The molecule has 0 aliphatic carbocycles. The molecule has 2 aromatic rings. The Bertz CT molecular complexity index is 543. The zero-order valence-electron chi connectivity index (χ0n) is 11.6. The Balaban J connectivity index is 1.65. The van der Waals surface area contributed by atoms with Crippen LogP contribution in [0.15, 0.2) is 41.8 Å². The first-order chi connectivity index (χ1) is 9.78. The predicted octanol–water partition coefficient (Wildman–Crippen LogP) is 3.17. The Morgan fingerprint density at radius 3 is 2.65 bits per heavy atom. The van der Waals surface area contributed by atoms with Crippen LogP contribution in [0.1, 0.15) is 10.4 Å². The van der Waals surface area contributed by atoms with Crippen LogP contribution in [0, 0.1) is 11.3 Å². The zero-order valence-corrected chi connectivity index (χ0v) is 12.4. The fourth-order valence-electron chi connectivity index (χ4n) is 1.81. The van der Waals surface area contributed by atoms with Crippen molar-refractivity contribution in [2.45, 2.75) is 6.42 Å². The van der Waals surface area contributed by atoms with Gasteiger partial charge in [-0.25, -0.2) is 0 Å². The van der Waals surface area contributed by atoms with E-state index in [2.05, 4.69) is 35.5 Å². The van der Waals surface area contributed by atoms with Crippen molar-refractivity contribution >= 4 is 11.3 Å². The maximum absolute atomic E-state index is 8.72. The third-order valence-electron chi connectivity index (χ3n) is 3.05. The second-order valence-corrected chi connectivity index (χ2v) is 5.65. The molecule has 1 aromatic heterocycles. The van der Waals surface area contributed by atoms with Crippen LogP contribution in [0.4, 0.5) is 0 Å². The lowest BCUT2D eigenvalue weighted by atomic mass is 10.2. The lowest BCUT2D eigenvalue weighted by Gasteiger charge is -2.16. The summed E-state index contributed by atoms with van der Waals surface area (Å²) in [6.07, 6.45) is 1.09. The van der Waals surface area contributed by atoms with Gasteiger partial charge in [0, 0.05) is 18.0 Å². The number of nitriles is 1. The summed E-state index contributed by atoms with van der Waals surface area (Å²) in [7, 11) is 2.11. The SMILES string of the molecule is CN(CCOc1ccc(C#N)cc1)CCc1cccs1. The van der Waals surface area contributed by atoms with Crippen LogP contribution < -0.4 is 4.74 Å². The average molecular weight is 286 g/mol. The Morgan fingerprint density at radius 2 is 2.00 bits per heavy atom. The fraction of sp³-hybridized carbons (Fsp3) is 0.312. The third kappa shape index (κ3) is 4.69. The molecule has 20 heavy (non-hydrogen) atoms. The van der Waals surface area contributed by atoms with E-state index in [1.165, 1.54) is 4.88 Å². The average Bonchev–Trinajstić information content (AvgIpc) is 2.99. The highest BCUT2D eigenvalue weighted by molar-refractivity contribution is 7.09. The zero-order chi connectivity index (χ0) is 14.2. The number of rotatable bonds is 7. The third-order valence-corrected chi connectivity index (χ3v) is 3.98. The van der Waals surface area contributed by atoms with Gasteiger partial charge in [-0.05, 0) is 49.2 Å². The van der Waals surface area contributed by atoms with Crippen molar-refractivity contribution in [2.24, 2.45) is 0 Å². The molecule has 0 fully saturated rings. The lowest BCUT2D eigenvalue weighted by Crippen LogP contribution is -2.26. The van der Waals surface area contributed by atoms with Gasteiger partial charge in [-0.15, -0.1) is 11.3 Å². The van der Waals surface area contributed by atoms with Gasteiger partial charge in [0.15, 0.2) is 0 Å². The molecule has 0 saturated heterocycles. The summed E-state index contributed by atoms with van der Waals surface area (Å²) in [6, 6.07) is 13.6. The molecule has 0 bridgehead atoms. The largest absolute Gasteiger partial charge is 0.492 e. The smallest absolute Gasteiger partial charge is 0.119 e. The molecule has 1 heterocycles. The highest BCUT2D eigenvalue weighted by atomic mass is 32.1. The number of ether oxygens (including phenoxy) is 1. The minimum absolute atomic E-state index is 0.658. The van der Waals surface area contributed by atoms with Gasteiger partial charge in [-0.1, -0.05) is 6.07 Å². The summed E-state index contributed by atoms with van der Waals surface area (Å²) >= 11 is 1.80. The highest BCUT2D eigenvalue weighted by Crippen LogP contribution is 2.12. The molecule has 0 amide bonds. The van der Waals surface area contributed by atoms with E-state index in [0.29, 0.717) is 12.2 Å². The summed E-state index contributed by atoms with van der Waals surface area (Å²) in [5.74, 6) is 0.815. The number of benzene rings is 1. The monoisotopic (exact) mass is 286 g/mol. The molecule has 0 aliphatic rings. The van der Waals surface area contributed by atoms with Gasteiger partial charge < -0.3 is 9.64 Å². The highest BCUT2D eigenvalue weighted by Gasteiger charge is 2.01. The Hall–Kier alpha value is -1.83. The molecule has 0 saturated carbocycles. The summed E-state index contributed by atoms with van der Waals surface area (Å²) in [5.41, 5.74) is 0.658.